The largest absolute Gasteiger partial charge is 0.354 e. The van der Waals surface area contributed by atoms with Gasteiger partial charge in [0.1, 0.15) is 0 Å². The number of carbonyl (C=O) groups is 1. The lowest BCUT2D eigenvalue weighted by Gasteiger charge is -2.26. The molecule has 0 saturated carbocycles. The van der Waals surface area contributed by atoms with Crippen LogP contribution in [0.4, 0.5) is 0 Å². The van der Waals surface area contributed by atoms with E-state index in [1.54, 1.807) is 6.92 Å². The normalized spacial score (nSPS) is 13.2. The van der Waals surface area contributed by atoms with E-state index in [4.69, 9.17) is 5.73 Å². The molecule has 0 aliphatic carbocycles. The van der Waals surface area contributed by atoms with Crippen LogP contribution >= 0.6 is 15.9 Å². The van der Waals surface area contributed by atoms with Crippen molar-refractivity contribution in [2.45, 2.75) is 32.2 Å². The summed E-state index contributed by atoms with van der Waals surface area (Å²) in [5.41, 5.74) is 6.59. The van der Waals surface area contributed by atoms with E-state index in [2.05, 4.69) is 47.2 Å². The second-order valence-corrected chi connectivity index (χ2v) is 5.81. The van der Waals surface area contributed by atoms with Crippen LogP contribution in [0.1, 0.15) is 26.3 Å². The highest BCUT2D eigenvalue weighted by atomic mass is 79.9. The molecule has 3 nitrogen and oxygen atoms in total. The van der Waals surface area contributed by atoms with Crippen molar-refractivity contribution in [3.05, 3.63) is 34.3 Å². The van der Waals surface area contributed by atoms with Crippen molar-refractivity contribution in [1.82, 2.24) is 5.32 Å². The average molecular weight is 299 g/mol. The molecule has 0 fully saturated rings. The summed E-state index contributed by atoms with van der Waals surface area (Å²) in [4.78, 5) is 11.4. The van der Waals surface area contributed by atoms with Gasteiger partial charge in [-0.3, -0.25) is 4.79 Å². The van der Waals surface area contributed by atoms with Gasteiger partial charge in [-0.1, -0.05) is 41.9 Å². The van der Waals surface area contributed by atoms with Crippen LogP contribution in [-0.2, 0) is 10.2 Å². The Kier molecular flexibility index (Phi) is 4.71. The van der Waals surface area contributed by atoms with Gasteiger partial charge in [0, 0.05) is 16.4 Å². The third-order valence-electron chi connectivity index (χ3n) is 2.74. The molecular formula is C13H19BrN2O. The standard InChI is InChI=1S/C13H19BrN2O/c1-9(15)12(17)16-8-13(2,3)10-4-6-11(14)7-5-10/h4-7,9H,8,15H2,1-3H3,(H,16,17)/t9-/m1/s1. The smallest absolute Gasteiger partial charge is 0.236 e. The van der Waals surface area contributed by atoms with E-state index in [9.17, 15) is 4.79 Å². The van der Waals surface area contributed by atoms with E-state index in [1.807, 2.05) is 12.1 Å². The highest BCUT2D eigenvalue weighted by Gasteiger charge is 2.21. The van der Waals surface area contributed by atoms with Gasteiger partial charge in [0.25, 0.3) is 0 Å². The number of hydrogen-bond acceptors (Lipinski definition) is 2. The van der Waals surface area contributed by atoms with E-state index in [0.717, 1.165) is 4.47 Å². The Balaban J connectivity index is 2.68. The topological polar surface area (TPSA) is 55.1 Å². The molecule has 1 aromatic carbocycles. The lowest BCUT2D eigenvalue weighted by Crippen LogP contribution is -2.43. The molecule has 1 aromatic rings. The average Bonchev–Trinajstić information content (AvgIpc) is 2.26. The van der Waals surface area contributed by atoms with E-state index < -0.39 is 6.04 Å². The maximum Gasteiger partial charge on any atom is 0.236 e. The summed E-state index contributed by atoms with van der Waals surface area (Å²) < 4.78 is 1.05. The second kappa shape index (κ2) is 5.65. The Labute approximate surface area is 111 Å². The highest BCUT2D eigenvalue weighted by molar-refractivity contribution is 9.10. The number of nitrogens with one attached hydrogen (secondary N) is 1. The fourth-order valence-corrected chi connectivity index (χ4v) is 1.74. The zero-order chi connectivity index (χ0) is 13.1. The zero-order valence-electron chi connectivity index (χ0n) is 10.5. The van der Waals surface area contributed by atoms with Crippen molar-refractivity contribution in [3.8, 4) is 0 Å². The second-order valence-electron chi connectivity index (χ2n) is 4.90. The number of halogens is 1. The number of amides is 1. The van der Waals surface area contributed by atoms with Crippen molar-refractivity contribution in [1.29, 1.82) is 0 Å². The first-order chi connectivity index (χ1) is 7.83. The third-order valence-corrected chi connectivity index (χ3v) is 3.27. The molecule has 0 aromatic heterocycles. The Morgan fingerprint density at radius 2 is 1.94 bits per heavy atom. The SMILES string of the molecule is C[C@@H](N)C(=O)NCC(C)(C)c1ccc(Br)cc1. The molecule has 4 heteroatoms. The molecule has 3 N–H and O–H groups in total. The summed E-state index contributed by atoms with van der Waals surface area (Å²) in [5, 5.41) is 2.86. The van der Waals surface area contributed by atoms with Crippen molar-refractivity contribution in [3.63, 3.8) is 0 Å². The van der Waals surface area contributed by atoms with E-state index >= 15 is 0 Å². The zero-order valence-corrected chi connectivity index (χ0v) is 12.0. The minimum atomic E-state index is -0.462. The van der Waals surface area contributed by atoms with Gasteiger partial charge in [0.15, 0.2) is 0 Å². The molecule has 1 rings (SSSR count). The summed E-state index contributed by atoms with van der Waals surface area (Å²) in [6, 6.07) is 7.66. The van der Waals surface area contributed by atoms with Crippen LogP contribution < -0.4 is 11.1 Å². The van der Waals surface area contributed by atoms with Gasteiger partial charge in [0.05, 0.1) is 6.04 Å². The molecule has 0 bridgehead atoms. The summed E-state index contributed by atoms with van der Waals surface area (Å²) in [6.45, 7) is 6.45. The Morgan fingerprint density at radius 3 is 2.41 bits per heavy atom. The van der Waals surface area contributed by atoms with Crippen molar-refractivity contribution in [2.24, 2.45) is 5.73 Å². The van der Waals surface area contributed by atoms with Crippen LogP contribution in [0.3, 0.4) is 0 Å². The van der Waals surface area contributed by atoms with Crippen molar-refractivity contribution in [2.75, 3.05) is 6.54 Å². The fourth-order valence-electron chi connectivity index (χ4n) is 1.47. The molecule has 0 spiro atoms. The summed E-state index contributed by atoms with van der Waals surface area (Å²) in [7, 11) is 0. The molecule has 0 unspecified atom stereocenters. The van der Waals surface area contributed by atoms with Gasteiger partial charge in [-0.25, -0.2) is 0 Å². The van der Waals surface area contributed by atoms with E-state index in [1.165, 1.54) is 5.56 Å². The fraction of sp³-hybridized carbons (Fsp3) is 0.462. The third kappa shape index (κ3) is 4.13. The van der Waals surface area contributed by atoms with E-state index in [-0.39, 0.29) is 11.3 Å². The summed E-state index contributed by atoms with van der Waals surface area (Å²) in [5.74, 6) is -0.116. The van der Waals surface area contributed by atoms with Crippen molar-refractivity contribution < 1.29 is 4.79 Å². The predicted octanol–water partition coefficient (Wildman–Crippen LogP) is 2.19. The van der Waals surface area contributed by atoms with E-state index in [0.29, 0.717) is 6.54 Å². The first kappa shape index (κ1) is 14.2. The predicted molar refractivity (Wildman–Crippen MR) is 73.8 cm³/mol. The lowest BCUT2D eigenvalue weighted by atomic mass is 9.84. The Bertz CT molecular complexity index is 385. The molecule has 0 aliphatic rings. The van der Waals surface area contributed by atoms with Crippen LogP contribution in [0, 0.1) is 0 Å². The Morgan fingerprint density at radius 1 is 1.41 bits per heavy atom. The van der Waals surface area contributed by atoms with Gasteiger partial charge in [-0.05, 0) is 24.6 Å². The number of carbonyl (C=O) groups excluding carboxylic acids is 1. The number of benzene rings is 1. The molecule has 1 amide bonds. The highest BCUT2D eigenvalue weighted by Crippen LogP contribution is 2.23. The Hall–Kier alpha value is -0.870. The van der Waals surface area contributed by atoms with Crippen LogP contribution in [0.5, 0.6) is 0 Å². The minimum absolute atomic E-state index is 0.106. The lowest BCUT2D eigenvalue weighted by molar-refractivity contribution is -0.122. The molecular weight excluding hydrogens is 280 g/mol. The number of rotatable bonds is 4. The quantitative estimate of drug-likeness (QED) is 0.895. The summed E-state index contributed by atoms with van der Waals surface area (Å²) >= 11 is 3.41. The number of hydrogen-bond donors (Lipinski definition) is 2. The van der Waals surface area contributed by atoms with Crippen LogP contribution in [0.25, 0.3) is 0 Å². The van der Waals surface area contributed by atoms with Gasteiger partial charge >= 0.3 is 0 Å². The molecule has 0 aliphatic heterocycles. The van der Waals surface area contributed by atoms with Crippen molar-refractivity contribution >= 4 is 21.8 Å². The van der Waals surface area contributed by atoms with Crippen LogP contribution in [0.15, 0.2) is 28.7 Å². The first-order valence-electron chi connectivity index (χ1n) is 5.62. The molecule has 0 heterocycles. The minimum Gasteiger partial charge on any atom is -0.354 e. The van der Waals surface area contributed by atoms with Gasteiger partial charge < -0.3 is 11.1 Å². The maximum absolute atomic E-state index is 11.4. The van der Waals surface area contributed by atoms with Gasteiger partial charge in [-0.2, -0.15) is 0 Å². The monoisotopic (exact) mass is 298 g/mol. The first-order valence-corrected chi connectivity index (χ1v) is 6.41. The maximum atomic E-state index is 11.4. The molecule has 1 atom stereocenters. The van der Waals surface area contributed by atoms with Crippen LogP contribution in [-0.4, -0.2) is 18.5 Å². The molecule has 94 valence electrons. The molecule has 0 saturated heterocycles. The van der Waals surface area contributed by atoms with Gasteiger partial charge in [0.2, 0.25) is 5.91 Å². The van der Waals surface area contributed by atoms with Crippen LogP contribution in [0.2, 0.25) is 0 Å². The van der Waals surface area contributed by atoms with Gasteiger partial charge in [-0.15, -0.1) is 0 Å². The molecule has 17 heavy (non-hydrogen) atoms. The number of nitrogens with two attached hydrogens (primary N) is 1. The molecule has 0 radical (unpaired) electrons. The summed E-state index contributed by atoms with van der Waals surface area (Å²) in [6.07, 6.45) is 0.